The Hall–Kier alpha value is 0.0200. The zero-order valence-electron chi connectivity index (χ0n) is 10.2. The molecule has 1 rings (SSSR count). The molecule has 0 aliphatic heterocycles. The molecule has 2 atom stereocenters. The maximum atomic E-state index is 9.19. The number of phenols is 1. The van der Waals surface area contributed by atoms with Crippen LogP contribution in [-0.2, 0) is 6.42 Å². The predicted octanol–water partition coefficient (Wildman–Crippen LogP) is 3.21. The van der Waals surface area contributed by atoms with Gasteiger partial charge in [-0.3, -0.25) is 0 Å². The van der Waals surface area contributed by atoms with E-state index in [0.717, 1.165) is 18.3 Å². The van der Waals surface area contributed by atoms with Crippen molar-refractivity contribution in [2.45, 2.75) is 34.1 Å². The fourth-order valence-corrected chi connectivity index (χ4v) is 1.85. The van der Waals surface area contributed by atoms with Gasteiger partial charge in [0, 0.05) is 0 Å². The summed E-state index contributed by atoms with van der Waals surface area (Å²) in [5.41, 5.74) is 1.31. The van der Waals surface area contributed by atoms with Gasteiger partial charge in [-0.15, -0.1) is 0 Å². The number of phenolic OH excluding ortho intramolecular Hbond substituents is 1. The molecule has 0 saturated heterocycles. The number of benzene rings is 1. The monoisotopic (exact) mass is 230 g/mol. The third-order valence-electron chi connectivity index (χ3n) is 3.44. The van der Waals surface area contributed by atoms with Gasteiger partial charge in [0.25, 0.3) is 0 Å². The predicted molar refractivity (Wildman–Crippen MR) is 72.1 cm³/mol. The Morgan fingerprint density at radius 2 is 1.50 bits per heavy atom. The van der Waals surface area contributed by atoms with Gasteiger partial charge in [-0.25, -0.2) is 0 Å². The molecular weight excluding hydrogens is 207 g/mol. The molecule has 0 aliphatic rings. The number of aromatic hydroxyl groups is 1. The van der Waals surface area contributed by atoms with Crippen molar-refractivity contribution in [3.63, 3.8) is 0 Å². The molecule has 1 aromatic carbocycles. The van der Waals surface area contributed by atoms with E-state index in [2.05, 4.69) is 27.7 Å². The van der Waals surface area contributed by atoms with Gasteiger partial charge in [0.15, 0.2) is 0 Å². The van der Waals surface area contributed by atoms with Gasteiger partial charge in [0.1, 0.15) is 5.75 Å². The molecule has 86 valence electrons. The summed E-state index contributed by atoms with van der Waals surface area (Å²) in [6.07, 6.45) is 1.10. The van der Waals surface area contributed by atoms with Crippen LogP contribution in [-0.4, -0.2) is 34.7 Å². The first-order valence-corrected chi connectivity index (χ1v) is 5.78. The second-order valence-electron chi connectivity index (χ2n) is 4.95. The summed E-state index contributed by atoms with van der Waals surface area (Å²) in [7, 11) is 0. The van der Waals surface area contributed by atoms with Gasteiger partial charge in [0.2, 0.25) is 0 Å². The van der Waals surface area contributed by atoms with Crippen molar-refractivity contribution in [2.75, 3.05) is 0 Å². The maximum absolute atomic E-state index is 9.19. The summed E-state index contributed by atoms with van der Waals surface area (Å²) in [6.45, 7) is 9.17. The Morgan fingerprint density at radius 3 is 1.94 bits per heavy atom. The molecule has 0 fully saturated rings. The van der Waals surface area contributed by atoms with Gasteiger partial charge in [-0.1, -0.05) is 39.8 Å². The summed E-state index contributed by atoms with van der Waals surface area (Å²) < 4.78 is 0. The molecule has 0 spiro atoms. The molecule has 0 aromatic heterocycles. The van der Waals surface area contributed by atoms with E-state index in [1.54, 1.807) is 12.1 Å². The molecular formula is C14H23NaO. The van der Waals surface area contributed by atoms with E-state index in [1.165, 1.54) is 5.56 Å². The van der Waals surface area contributed by atoms with Gasteiger partial charge in [-0.2, -0.15) is 0 Å². The SMILES string of the molecule is CC(C)C(C)C(C)Cc1ccc(O)cc1.[NaH]. The summed E-state index contributed by atoms with van der Waals surface area (Å²) in [5.74, 6) is 2.51. The zero-order valence-corrected chi connectivity index (χ0v) is 10.2. The first-order valence-electron chi connectivity index (χ1n) is 5.78. The van der Waals surface area contributed by atoms with Crippen molar-refractivity contribution >= 4 is 29.6 Å². The number of rotatable bonds is 4. The molecule has 0 radical (unpaired) electrons. The average Bonchev–Trinajstić information content (AvgIpc) is 2.20. The van der Waals surface area contributed by atoms with Crippen LogP contribution in [0.3, 0.4) is 0 Å². The van der Waals surface area contributed by atoms with Gasteiger partial charge in [-0.05, 0) is 41.9 Å². The van der Waals surface area contributed by atoms with E-state index < -0.39 is 0 Å². The van der Waals surface area contributed by atoms with Crippen LogP contribution in [0.1, 0.15) is 33.3 Å². The molecule has 0 aliphatic carbocycles. The molecule has 1 nitrogen and oxygen atoms in total. The molecule has 0 amide bonds. The van der Waals surface area contributed by atoms with E-state index in [1.807, 2.05) is 12.1 Å². The summed E-state index contributed by atoms with van der Waals surface area (Å²) >= 11 is 0. The van der Waals surface area contributed by atoms with Gasteiger partial charge >= 0.3 is 29.6 Å². The van der Waals surface area contributed by atoms with Gasteiger partial charge in [0.05, 0.1) is 0 Å². The topological polar surface area (TPSA) is 20.2 Å². The summed E-state index contributed by atoms with van der Waals surface area (Å²) in [6, 6.07) is 7.56. The normalized spacial score (nSPS) is 14.3. The fourth-order valence-electron chi connectivity index (χ4n) is 1.85. The Bertz CT molecular complexity index is 292. The van der Waals surface area contributed by atoms with Gasteiger partial charge < -0.3 is 5.11 Å². The van der Waals surface area contributed by atoms with Crippen molar-refractivity contribution < 1.29 is 5.11 Å². The second kappa shape index (κ2) is 7.37. The molecule has 0 saturated carbocycles. The van der Waals surface area contributed by atoms with Crippen molar-refractivity contribution in [3.8, 4) is 5.75 Å². The first-order chi connectivity index (χ1) is 7.00. The number of hydrogen-bond donors (Lipinski definition) is 1. The van der Waals surface area contributed by atoms with Crippen molar-refractivity contribution in [3.05, 3.63) is 29.8 Å². The Balaban J connectivity index is 0.00000225. The van der Waals surface area contributed by atoms with Crippen molar-refractivity contribution in [2.24, 2.45) is 17.8 Å². The van der Waals surface area contributed by atoms with Crippen LogP contribution < -0.4 is 0 Å². The molecule has 2 heteroatoms. The van der Waals surface area contributed by atoms with E-state index in [0.29, 0.717) is 11.7 Å². The summed E-state index contributed by atoms with van der Waals surface area (Å²) in [5, 5.41) is 9.19. The third kappa shape index (κ3) is 4.90. The van der Waals surface area contributed by atoms with Crippen molar-refractivity contribution in [1.29, 1.82) is 0 Å². The minimum absolute atomic E-state index is 0. The third-order valence-corrected chi connectivity index (χ3v) is 3.44. The summed E-state index contributed by atoms with van der Waals surface area (Å²) in [4.78, 5) is 0. The van der Waals surface area contributed by atoms with Crippen LogP contribution in [0.2, 0.25) is 0 Å². The molecule has 1 aromatic rings. The number of hydrogen-bond acceptors (Lipinski definition) is 1. The fraction of sp³-hybridized carbons (Fsp3) is 0.571. The molecule has 0 heterocycles. The standard InChI is InChI=1S/C14H22O.Na.H/c1-10(2)12(4)11(3)9-13-5-7-14(15)8-6-13;;/h5-8,10-12,15H,9H2,1-4H3;;. The Kier molecular flexibility index (Phi) is 7.38. The average molecular weight is 230 g/mol. The minimum atomic E-state index is 0. The van der Waals surface area contributed by atoms with Crippen molar-refractivity contribution in [1.82, 2.24) is 0 Å². The quantitative estimate of drug-likeness (QED) is 0.787. The van der Waals surface area contributed by atoms with Crippen LogP contribution in [0.5, 0.6) is 5.75 Å². The zero-order chi connectivity index (χ0) is 11.4. The van der Waals surface area contributed by atoms with E-state index in [-0.39, 0.29) is 29.6 Å². The van der Waals surface area contributed by atoms with Crippen LogP contribution in [0, 0.1) is 17.8 Å². The Labute approximate surface area is 122 Å². The molecule has 2 unspecified atom stereocenters. The van der Waals surface area contributed by atoms with Crippen LogP contribution in [0.25, 0.3) is 0 Å². The van der Waals surface area contributed by atoms with Crippen LogP contribution in [0.4, 0.5) is 0 Å². The Morgan fingerprint density at radius 1 is 1.00 bits per heavy atom. The van der Waals surface area contributed by atoms with E-state index in [9.17, 15) is 5.11 Å². The first kappa shape index (κ1) is 16.0. The molecule has 0 bridgehead atoms. The van der Waals surface area contributed by atoms with E-state index >= 15 is 0 Å². The molecule has 1 N–H and O–H groups in total. The second-order valence-corrected chi connectivity index (χ2v) is 4.95. The van der Waals surface area contributed by atoms with Crippen LogP contribution in [0.15, 0.2) is 24.3 Å². The molecule has 16 heavy (non-hydrogen) atoms. The van der Waals surface area contributed by atoms with Crippen LogP contribution >= 0.6 is 0 Å². The van der Waals surface area contributed by atoms with E-state index in [4.69, 9.17) is 0 Å².